The number of rotatable bonds is 4. The third-order valence-electron chi connectivity index (χ3n) is 5.25. The topological polar surface area (TPSA) is 75.7 Å². The Balaban J connectivity index is 1.59. The number of fused-ring (bicyclic) bond motifs is 1. The second-order valence-electron chi connectivity index (χ2n) is 7.22. The summed E-state index contributed by atoms with van der Waals surface area (Å²) in [5.74, 6) is -0.272. The van der Waals surface area contributed by atoms with Gasteiger partial charge in [-0.3, -0.25) is 9.10 Å². The Morgan fingerprint density at radius 3 is 2.79 bits per heavy atom. The number of hydrogen-bond donors (Lipinski definition) is 1. The molecule has 4 rings (SSSR count). The van der Waals surface area contributed by atoms with E-state index in [1.165, 1.54) is 10.4 Å². The predicted molar refractivity (Wildman–Crippen MR) is 107 cm³/mol. The smallest absolute Gasteiger partial charge is 0.264 e. The van der Waals surface area contributed by atoms with Gasteiger partial charge in [-0.15, -0.1) is 0 Å². The molecule has 2 aromatic carbocycles. The van der Waals surface area contributed by atoms with Crippen LogP contribution in [0.15, 0.2) is 53.4 Å². The lowest BCUT2D eigenvalue weighted by molar-refractivity contribution is 0.0624. The predicted octanol–water partition coefficient (Wildman–Crippen LogP) is 2.74. The highest BCUT2D eigenvalue weighted by Crippen LogP contribution is 2.31. The molecule has 28 heavy (non-hydrogen) atoms. The standard InChI is InChI=1S/C21H24N2O4S/c24-21(22-18-9-5-13-27-15-18)17-7-3-10-19(14-17)28(25,26)23-12-4-8-16-6-1-2-11-20(16)23/h1-3,6-7,10-11,14,18H,4-5,8-9,12-13,15H2,(H,22,24). The third-order valence-corrected chi connectivity index (χ3v) is 7.06. The summed E-state index contributed by atoms with van der Waals surface area (Å²) < 4.78 is 33.4. The number of anilines is 1. The second-order valence-corrected chi connectivity index (χ2v) is 9.09. The van der Waals surface area contributed by atoms with Gasteiger partial charge in [-0.2, -0.15) is 0 Å². The monoisotopic (exact) mass is 400 g/mol. The summed E-state index contributed by atoms with van der Waals surface area (Å²) in [6.07, 6.45) is 3.42. The number of hydrogen-bond acceptors (Lipinski definition) is 4. The normalized spacial score (nSPS) is 19.7. The van der Waals surface area contributed by atoms with E-state index in [0.717, 1.165) is 43.5 Å². The Kier molecular flexibility index (Phi) is 5.37. The minimum absolute atomic E-state index is 0.0320. The summed E-state index contributed by atoms with van der Waals surface area (Å²) in [5, 5.41) is 2.94. The van der Waals surface area contributed by atoms with Gasteiger partial charge in [0.1, 0.15) is 0 Å². The van der Waals surface area contributed by atoms with Crippen molar-refractivity contribution in [3.8, 4) is 0 Å². The molecule has 2 aliphatic rings. The molecule has 1 amide bonds. The van der Waals surface area contributed by atoms with Crippen LogP contribution in [0.25, 0.3) is 0 Å². The molecule has 2 heterocycles. The fourth-order valence-electron chi connectivity index (χ4n) is 3.80. The minimum Gasteiger partial charge on any atom is -0.379 e. The Hall–Kier alpha value is -2.38. The zero-order valence-corrected chi connectivity index (χ0v) is 16.5. The number of benzene rings is 2. The molecule has 0 aliphatic carbocycles. The molecular weight excluding hydrogens is 376 g/mol. The van der Waals surface area contributed by atoms with Gasteiger partial charge in [0, 0.05) is 18.7 Å². The van der Waals surface area contributed by atoms with Crippen LogP contribution < -0.4 is 9.62 Å². The van der Waals surface area contributed by atoms with E-state index in [4.69, 9.17) is 4.74 Å². The van der Waals surface area contributed by atoms with Crippen molar-refractivity contribution < 1.29 is 17.9 Å². The number of ether oxygens (including phenoxy) is 1. The molecule has 0 spiro atoms. The molecule has 148 valence electrons. The van der Waals surface area contributed by atoms with Crippen LogP contribution in [0.3, 0.4) is 0 Å². The first-order chi connectivity index (χ1) is 13.6. The van der Waals surface area contributed by atoms with Crippen molar-refractivity contribution >= 4 is 21.6 Å². The van der Waals surface area contributed by atoms with E-state index in [1.807, 2.05) is 24.3 Å². The van der Waals surface area contributed by atoms with Crippen LogP contribution in [-0.2, 0) is 21.2 Å². The molecular formula is C21H24N2O4S. The first kappa shape index (κ1) is 19.0. The van der Waals surface area contributed by atoms with Gasteiger partial charge in [-0.25, -0.2) is 8.42 Å². The number of para-hydroxylation sites is 1. The Labute approximate surface area is 165 Å². The number of aryl methyl sites for hydroxylation is 1. The van der Waals surface area contributed by atoms with Gasteiger partial charge in [0.25, 0.3) is 15.9 Å². The van der Waals surface area contributed by atoms with Crippen LogP contribution in [-0.4, -0.2) is 40.1 Å². The van der Waals surface area contributed by atoms with Gasteiger partial charge in [0.15, 0.2) is 0 Å². The van der Waals surface area contributed by atoms with E-state index in [9.17, 15) is 13.2 Å². The van der Waals surface area contributed by atoms with Crippen LogP contribution in [0.2, 0.25) is 0 Å². The maximum atomic E-state index is 13.3. The highest BCUT2D eigenvalue weighted by molar-refractivity contribution is 7.92. The van der Waals surface area contributed by atoms with Gasteiger partial charge in [0.2, 0.25) is 0 Å². The molecule has 1 atom stereocenters. The number of carbonyl (C=O) groups is 1. The Bertz CT molecular complexity index is 968. The van der Waals surface area contributed by atoms with Gasteiger partial charge < -0.3 is 10.1 Å². The molecule has 0 saturated carbocycles. The molecule has 1 fully saturated rings. The van der Waals surface area contributed by atoms with E-state index >= 15 is 0 Å². The fraction of sp³-hybridized carbons (Fsp3) is 0.381. The first-order valence-corrected chi connectivity index (χ1v) is 11.1. The molecule has 7 heteroatoms. The summed E-state index contributed by atoms with van der Waals surface area (Å²) in [4.78, 5) is 12.7. The lowest BCUT2D eigenvalue weighted by Crippen LogP contribution is -2.40. The van der Waals surface area contributed by atoms with E-state index in [2.05, 4.69) is 5.32 Å². The Morgan fingerprint density at radius 2 is 1.96 bits per heavy atom. The van der Waals surface area contributed by atoms with Gasteiger partial charge >= 0.3 is 0 Å². The molecule has 1 saturated heterocycles. The quantitative estimate of drug-likeness (QED) is 0.856. The van der Waals surface area contributed by atoms with Crippen LogP contribution >= 0.6 is 0 Å². The lowest BCUT2D eigenvalue weighted by Gasteiger charge is -2.30. The number of nitrogens with one attached hydrogen (secondary N) is 1. The van der Waals surface area contributed by atoms with Crippen molar-refractivity contribution in [2.24, 2.45) is 0 Å². The van der Waals surface area contributed by atoms with E-state index in [1.54, 1.807) is 18.2 Å². The van der Waals surface area contributed by atoms with Crippen LogP contribution in [0.1, 0.15) is 35.2 Å². The maximum absolute atomic E-state index is 13.3. The average molecular weight is 401 g/mol. The number of amides is 1. The maximum Gasteiger partial charge on any atom is 0.264 e. The zero-order chi connectivity index (χ0) is 19.6. The molecule has 6 nitrogen and oxygen atoms in total. The summed E-state index contributed by atoms with van der Waals surface area (Å²) in [7, 11) is -3.74. The minimum atomic E-state index is -3.74. The van der Waals surface area contributed by atoms with Crippen molar-refractivity contribution in [2.75, 3.05) is 24.1 Å². The molecule has 1 unspecified atom stereocenters. The molecule has 0 radical (unpaired) electrons. The Morgan fingerprint density at radius 1 is 1.11 bits per heavy atom. The second kappa shape index (κ2) is 7.93. The van der Waals surface area contributed by atoms with E-state index < -0.39 is 10.0 Å². The van der Waals surface area contributed by atoms with Gasteiger partial charge in [0.05, 0.1) is 23.2 Å². The molecule has 1 N–H and O–H groups in total. The number of sulfonamides is 1. The van der Waals surface area contributed by atoms with Gasteiger partial charge in [-0.1, -0.05) is 24.3 Å². The van der Waals surface area contributed by atoms with Crippen molar-refractivity contribution in [1.82, 2.24) is 5.32 Å². The lowest BCUT2D eigenvalue weighted by atomic mass is 10.0. The van der Waals surface area contributed by atoms with Crippen molar-refractivity contribution in [2.45, 2.75) is 36.6 Å². The van der Waals surface area contributed by atoms with Crippen LogP contribution in [0.4, 0.5) is 5.69 Å². The largest absolute Gasteiger partial charge is 0.379 e. The fourth-order valence-corrected chi connectivity index (χ4v) is 5.38. The van der Waals surface area contributed by atoms with E-state index in [0.29, 0.717) is 18.7 Å². The molecule has 2 aromatic rings. The summed E-state index contributed by atoms with van der Waals surface area (Å²) in [6.45, 7) is 1.65. The van der Waals surface area contributed by atoms with Crippen molar-refractivity contribution in [3.05, 3.63) is 59.7 Å². The van der Waals surface area contributed by atoms with Crippen LogP contribution in [0.5, 0.6) is 0 Å². The summed E-state index contributed by atoms with van der Waals surface area (Å²) in [5.41, 5.74) is 2.10. The molecule has 2 aliphatic heterocycles. The summed E-state index contributed by atoms with van der Waals surface area (Å²) in [6, 6.07) is 13.8. The highest BCUT2D eigenvalue weighted by atomic mass is 32.2. The summed E-state index contributed by atoms with van der Waals surface area (Å²) >= 11 is 0. The van der Waals surface area contributed by atoms with Crippen molar-refractivity contribution in [3.63, 3.8) is 0 Å². The average Bonchev–Trinajstić information content (AvgIpc) is 2.74. The van der Waals surface area contributed by atoms with Gasteiger partial charge in [-0.05, 0) is 55.5 Å². The number of carbonyl (C=O) groups excluding carboxylic acids is 1. The zero-order valence-electron chi connectivity index (χ0n) is 15.6. The van der Waals surface area contributed by atoms with Crippen molar-refractivity contribution in [1.29, 1.82) is 0 Å². The number of nitrogens with zero attached hydrogens (tertiary/aromatic N) is 1. The highest BCUT2D eigenvalue weighted by Gasteiger charge is 2.29. The van der Waals surface area contributed by atoms with Crippen LogP contribution in [0, 0.1) is 0 Å². The molecule has 0 bridgehead atoms. The van der Waals surface area contributed by atoms with E-state index in [-0.39, 0.29) is 16.8 Å². The molecule has 0 aromatic heterocycles. The first-order valence-electron chi connectivity index (χ1n) is 9.65. The third kappa shape index (κ3) is 3.77. The SMILES string of the molecule is O=C(NC1CCCOC1)c1cccc(S(=O)(=O)N2CCCc3ccccc32)c1.